The smallest absolute Gasteiger partial charge is 0.224 e. The van der Waals surface area contributed by atoms with E-state index in [1.54, 1.807) is 11.3 Å². The monoisotopic (exact) mass is 311 g/mol. The van der Waals surface area contributed by atoms with Crippen LogP contribution in [0.4, 0.5) is 0 Å². The SMILES string of the molecule is O=C(Cc1ccsc1)NCCc1cnn(-c2ccccc2)c1. The van der Waals surface area contributed by atoms with Gasteiger partial charge >= 0.3 is 0 Å². The summed E-state index contributed by atoms with van der Waals surface area (Å²) in [6.07, 6.45) is 5.08. The first kappa shape index (κ1) is 14.5. The van der Waals surface area contributed by atoms with Gasteiger partial charge in [0.15, 0.2) is 0 Å². The Bertz CT molecular complexity index is 719. The second-order valence-electron chi connectivity index (χ2n) is 5.04. The summed E-state index contributed by atoms with van der Waals surface area (Å²) in [7, 11) is 0. The van der Waals surface area contributed by atoms with Gasteiger partial charge in [0.2, 0.25) is 5.91 Å². The van der Waals surface area contributed by atoms with E-state index in [0.29, 0.717) is 13.0 Å². The van der Waals surface area contributed by atoms with E-state index in [2.05, 4.69) is 10.4 Å². The summed E-state index contributed by atoms with van der Waals surface area (Å²) in [4.78, 5) is 11.8. The molecule has 1 amide bonds. The standard InChI is InChI=1S/C17H17N3OS/c21-17(10-14-7-9-22-13-14)18-8-6-15-11-19-20(12-15)16-4-2-1-3-5-16/h1-5,7,9,11-13H,6,8,10H2,(H,18,21). The quantitative estimate of drug-likeness (QED) is 0.761. The molecular weight excluding hydrogens is 294 g/mol. The van der Waals surface area contributed by atoms with E-state index in [4.69, 9.17) is 0 Å². The van der Waals surface area contributed by atoms with Crippen molar-refractivity contribution in [3.05, 3.63) is 70.7 Å². The number of thiophene rings is 1. The van der Waals surface area contributed by atoms with E-state index < -0.39 is 0 Å². The average Bonchev–Trinajstić information content (AvgIpc) is 3.20. The fourth-order valence-electron chi connectivity index (χ4n) is 2.20. The van der Waals surface area contributed by atoms with Gasteiger partial charge in [-0.1, -0.05) is 18.2 Å². The van der Waals surface area contributed by atoms with Gasteiger partial charge < -0.3 is 5.32 Å². The molecule has 2 aromatic heterocycles. The summed E-state index contributed by atoms with van der Waals surface area (Å²) in [5.41, 5.74) is 3.22. The summed E-state index contributed by atoms with van der Waals surface area (Å²) < 4.78 is 1.85. The number of aromatic nitrogens is 2. The summed E-state index contributed by atoms with van der Waals surface area (Å²) in [6.45, 7) is 0.628. The lowest BCUT2D eigenvalue weighted by Crippen LogP contribution is -2.27. The van der Waals surface area contributed by atoms with E-state index in [1.807, 2.05) is 64.2 Å². The molecular formula is C17H17N3OS. The van der Waals surface area contributed by atoms with Crippen molar-refractivity contribution in [1.29, 1.82) is 0 Å². The number of amides is 1. The van der Waals surface area contributed by atoms with E-state index in [0.717, 1.165) is 23.2 Å². The highest BCUT2D eigenvalue weighted by atomic mass is 32.1. The first-order valence-corrected chi connectivity index (χ1v) is 8.12. The number of nitrogens with zero attached hydrogens (tertiary/aromatic N) is 2. The lowest BCUT2D eigenvalue weighted by Gasteiger charge is -2.03. The van der Waals surface area contributed by atoms with Gasteiger partial charge in [0.1, 0.15) is 0 Å². The third kappa shape index (κ3) is 3.83. The minimum atomic E-state index is 0.0638. The van der Waals surface area contributed by atoms with Crippen molar-refractivity contribution in [2.24, 2.45) is 0 Å². The second-order valence-corrected chi connectivity index (χ2v) is 5.82. The molecule has 2 heterocycles. The van der Waals surface area contributed by atoms with Crippen molar-refractivity contribution in [1.82, 2.24) is 15.1 Å². The Labute approximate surface area is 133 Å². The molecule has 0 atom stereocenters. The number of hydrogen-bond acceptors (Lipinski definition) is 3. The molecule has 0 radical (unpaired) electrons. The zero-order valence-electron chi connectivity index (χ0n) is 12.1. The lowest BCUT2D eigenvalue weighted by atomic mass is 10.2. The highest BCUT2D eigenvalue weighted by Gasteiger charge is 2.04. The molecule has 3 rings (SSSR count). The summed E-state index contributed by atoms with van der Waals surface area (Å²) in [5.74, 6) is 0.0638. The minimum absolute atomic E-state index is 0.0638. The van der Waals surface area contributed by atoms with Crippen molar-refractivity contribution in [3.8, 4) is 5.69 Å². The fourth-order valence-corrected chi connectivity index (χ4v) is 2.87. The first-order valence-electron chi connectivity index (χ1n) is 7.18. The van der Waals surface area contributed by atoms with E-state index in [-0.39, 0.29) is 5.91 Å². The largest absolute Gasteiger partial charge is 0.355 e. The molecule has 0 saturated carbocycles. The van der Waals surface area contributed by atoms with Gasteiger partial charge in [0.05, 0.1) is 18.3 Å². The van der Waals surface area contributed by atoms with Crippen molar-refractivity contribution in [2.75, 3.05) is 6.54 Å². The molecule has 5 heteroatoms. The Morgan fingerprint density at radius 1 is 1.18 bits per heavy atom. The zero-order valence-corrected chi connectivity index (χ0v) is 12.9. The predicted octanol–water partition coefficient (Wildman–Crippen LogP) is 2.84. The number of hydrogen-bond donors (Lipinski definition) is 1. The van der Waals surface area contributed by atoms with Crippen LogP contribution in [-0.4, -0.2) is 22.2 Å². The molecule has 112 valence electrons. The number of carbonyl (C=O) groups is 1. The van der Waals surface area contributed by atoms with Crippen molar-refractivity contribution in [3.63, 3.8) is 0 Å². The van der Waals surface area contributed by atoms with Gasteiger partial charge in [-0.25, -0.2) is 4.68 Å². The molecule has 4 nitrogen and oxygen atoms in total. The number of carbonyl (C=O) groups excluding carboxylic acids is 1. The maximum Gasteiger partial charge on any atom is 0.224 e. The molecule has 0 fully saturated rings. The van der Waals surface area contributed by atoms with Crippen molar-refractivity contribution in [2.45, 2.75) is 12.8 Å². The van der Waals surface area contributed by atoms with Crippen LogP contribution in [0.2, 0.25) is 0 Å². The summed E-state index contributed by atoms with van der Waals surface area (Å²) in [5, 5.41) is 11.3. The molecule has 0 aliphatic carbocycles. The van der Waals surface area contributed by atoms with Crippen LogP contribution < -0.4 is 5.32 Å². The van der Waals surface area contributed by atoms with E-state index >= 15 is 0 Å². The fraction of sp³-hybridized carbons (Fsp3) is 0.176. The zero-order chi connectivity index (χ0) is 15.2. The van der Waals surface area contributed by atoms with E-state index in [1.165, 1.54) is 0 Å². The number of nitrogens with one attached hydrogen (secondary N) is 1. The van der Waals surface area contributed by atoms with Crippen LogP contribution in [0.15, 0.2) is 59.6 Å². The van der Waals surface area contributed by atoms with Crippen LogP contribution in [0.1, 0.15) is 11.1 Å². The maximum absolute atomic E-state index is 11.8. The van der Waals surface area contributed by atoms with Crippen LogP contribution in [0.25, 0.3) is 5.69 Å². The predicted molar refractivity (Wildman–Crippen MR) is 88.3 cm³/mol. The summed E-state index contributed by atoms with van der Waals surface area (Å²) >= 11 is 1.61. The normalized spacial score (nSPS) is 10.5. The van der Waals surface area contributed by atoms with Crippen LogP contribution in [0, 0.1) is 0 Å². The topological polar surface area (TPSA) is 46.9 Å². The first-order chi connectivity index (χ1) is 10.8. The van der Waals surface area contributed by atoms with Gasteiger partial charge in [-0.3, -0.25) is 4.79 Å². The van der Waals surface area contributed by atoms with Crippen LogP contribution in [0.3, 0.4) is 0 Å². The summed E-state index contributed by atoms with van der Waals surface area (Å²) in [6, 6.07) is 12.0. The Balaban J connectivity index is 1.48. The average molecular weight is 311 g/mol. The molecule has 3 aromatic rings. The highest BCUT2D eigenvalue weighted by molar-refractivity contribution is 7.07. The van der Waals surface area contributed by atoms with Gasteiger partial charge in [0.25, 0.3) is 0 Å². The highest BCUT2D eigenvalue weighted by Crippen LogP contribution is 2.08. The molecule has 0 aliphatic heterocycles. The third-order valence-electron chi connectivity index (χ3n) is 3.34. The van der Waals surface area contributed by atoms with Gasteiger partial charge in [0, 0.05) is 12.7 Å². The van der Waals surface area contributed by atoms with Crippen molar-refractivity contribution < 1.29 is 4.79 Å². The third-order valence-corrected chi connectivity index (χ3v) is 4.07. The molecule has 1 N–H and O–H groups in total. The Morgan fingerprint density at radius 2 is 2.05 bits per heavy atom. The molecule has 0 spiro atoms. The Morgan fingerprint density at radius 3 is 2.82 bits per heavy atom. The maximum atomic E-state index is 11.8. The van der Waals surface area contributed by atoms with Gasteiger partial charge in [-0.05, 0) is 46.5 Å². The number of rotatable bonds is 6. The molecule has 22 heavy (non-hydrogen) atoms. The van der Waals surface area contributed by atoms with Crippen LogP contribution >= 0.6 is 11.3 Å². The minimum Gasteiger partial charge on any atom is -0.355 e. The van der Waals surface area contributed by atoms with Gasteiger partial charge in [-0.15, -0.1) is 0 Å². The van der Waals surface area contributed by atoms with Crippen LogP contribution in [-0.2, 0) is 17.6 Å². The Hall–Kier alpha value is -2.40. The second kappa shape index (κ2) is 7.04. The van der Waals surface area contributed by atoms with E-state index in [9.17, 15) is 4.79 Å². The number of benzene rings is 1. The molecule has 1 aromatic carbocycles. The molecule has 0 saturated heterocycles. The van der Waals surface area contributed by atoms with Gasteiger partial charge in [-0.2, -0.15) is 16.4 Å². The Kier molecular flexibility index (Phi) is 4.65. The molecule has 0 unspecified atom stereocenters. The molecule has 0 aliphatic rings. The molecule has 0 bridgehead atoms. The van der Waals surface area contributed by atoms with Crippen LogP contribution in [0.5, 0.6) is 0 Å². The van der Waals surface area contributed by atoms with Crippen molar-refractivity contribution >= 4 is 17.2 Å². The lowest BCUT2D eigenvalue weighted by molar-refractivity contribution is -0.120. The number of para-hydroxylation sites is 1.